The number of hydrogen-bond acceptors (Lipinski definition) is 3. The minimum absolute atomic E-state index is 0.306. The molecule has 2 rings (SSSR count). The Morgan fingerprint density at radius 3 is 2.09 bits per heavy atom. The molecule has 0 fully saturated rings. The van der Waals surface area contributed by atoms with Gasteiger partial charge in [0.2, 0.25) is 0 Å². The number of hydroxylamine groups is 1. The minimum Gasteiger partial charge on any atom is -0.298 e. The first-order valence-corrected chi connectivity index (χ1v) is 7.29. The number of benzene rings is 2. The van der Waals surface area contributed by atoms with Crippen LogP contribution in [-0.4, -0.2) is 17.4 Å². The van der Waals surface area contributed by atoms with Crippen molar-refractivity contribution in [1.29, 1.82) is 0 Å². The molecule has 0 atom stereocenters. The molecule has 0 spiro atoms. The van der Waals surface area contributed by atoms with Gasteiger partial charge in [-0.1, -0.05) is 43.3 Å². The molecule has 1 amide bonds. The summed E-state index contributed by atoms with van der Waals surface area (Å²) in [6.07, 6.45) is 2.57. The van der Waals surface area contributed by atoms with Gasteiger partial charge in [-0.25, -0.2) is 0 Å². The summed E-state index contributed by atoms with van der Waals surface area (Å²) in [6, 6.07) is 14.6. The summed E-state index contributed by atoms with van der Waals surface area (Å²) < 4.78 is 0. The molecule has 4 heteroatoms. The van der Waals surface area contributed by atoms with E-state index in [1.165, 1.54) is 0 Å². The maximum atomic E-state index is 11.6. The van der Waals surface area contributed by atoms with Gasteiger partial charge in [-0.15, -0.1) is 0 Å². The molecule has 0 aromatic heterocycles. The van der Waals surface area contributed by atoms with Crippen LogP contribution in [0.3, 0.4) is 0 Å². The van der Waals surface area contributed by atoms with Gasteiger partial charge in [0, 0.05) is 12.0 Å². The van der Waals surface area contributed by atoms with Crippen molar-refractivity contribution in [1.82, 2.24) is 0 Å². The highest BCUT2D eigenvalue weighted by Crippen LogP contribution is 2.17. The number of amides is 1. The zero-order chi connectivity index (χ0) is 15.9. The monoisotopic (exact) mass is 297 g/mol. The van der Waals surface area contributed by atoms with Crippen molar-refractivity contribution in [2.24, 2.45) is 0 Å². The Morgan fingerprint density at radius 2 is 1.59 bits per heavy atom. The van der Waals surface area contributed by atoms with Gasteiger partial charge >= 0.3 is 0 Å². The Kier molecular flexibility index (Phi) is 5.44. The van der Waals surface area contributed by atoms with E-state index in [0.717, 1.165) is 23.8 Å². The van der Waals surface area contributed by atoms with Crippen LogP contribution in [0.4, 0.5) is 5.69 Å². The van der Waals surface area contributed by atoms with Crippen molar-refractivity contribution in [2.45, 2.75) is 26.2 Å². The van der Waals surface area contributed by atoms with Crippen LogP contribution in [0.1, 0.15) is 41.3 Å². The third-order valence-corrected chi connectivity index (χ3v) is 3.41. The molecule has 0 radical (unpaired) electrons. The first-order valence-electron chi connectivity index (χ1n) is 7.29. The first-order chi connectivity index (χ1) is 10.6. The van der Waals surface area contributed by atoms with E-state index in [0.29, 0.717) is 29.2 Å². The van der Waals surface area contributed by atoms with Gasteiger partial charge in [-0.3, -0.25) is 14.8 Å². The van der Waals surface area contributed by atoms with Crippen molar-refractivity contribution in [3.8, 4) is 0 Å². The SMILES string of the molecule is CCCC(=O)N(O)c1ccc(Cc2ccc(C=O)cc2)cc1. The van der Waals surface area contributed by atoms with Crippen molar-refractivity contribution in [2.75, 3.05) is 5.06 Å². The summed E-state index contributed by atoms with van der Waals surface area (Å²) in [5.41, 5.74) is 3.29. The lowest BCUT2D eigenvalue weighted by atomic mass is 10.0. The molecule has 2 aromatic rings. The molecule has 22 heavy (non-hydrogen) atoms. The lowest BCUT2D eigenvalue weighted by Crippen LogP contribution is -2.26. The molecule has 1 N–H and O–H groups in total. The topological polar surface area (TPSA) is 57.6 Å². The van der Waals surface area contributed by atoms with Gasteiger partial charge in [0.25, 0.3) is 5.91 Å². The van der Waals surface area contributed by atoms with Crippen LogP contribution in [0, 0.1) is 0 Å². The number of rotatable bonds is 6. The highest BCUT2D eigenvalue weighted by molar-refractivity contribution is 5.90. The highest BCUT2D eigenvalue weighted by Gasteiger charge is 2.11. The molecule has 0 unspecified atom stereocenters. The van der Waals surface area contributed by atoms with Crippen LogP contribution in [0.25, 0.3) is 0 Å². The predicted octanol–water partition coefficient (Wildman–Crippen LogP) is 3.61. The maximum absolute atomic E-state index is 11.6. The molecule has 0 heterocycles. The molecule has 0 saturated heterocycles. The quantitative estimate of drug-likeness (QED) is 0.503. The van der Waals surface area contributed by atoms with Crippen molar-refractivity contribution in [3.05, 3.63) is 65.2 Å². The fraction of sp³-hybridized carbons (Fsp3) is 0.222. The zero-order valence-electron chi connectivity index (χ0n) is 12.5. The molecule has 2 aromatic carbocycles. The van der Waals surface area contributed by atoms with Gasteiger partial charge in [0.1, 0.15) is 6.29 Å². The fourth-order valence-corrected chi connectivity index (χ4v) is 2.17. The van der Waals surface area contributed by atoms with Gasteiger partial charge in [-0.2, -0.15) is 5.06 Å². The fourth-order valence-electron chi connectivity index (χ4n) is 2.17. The number of carbonyl (C=O) groups is 2. The van der Waals surface area contributed by atoms with E-state index >= 15 is 0 Å². The highest BCUT2D eigenvalue weighted by atomic mass is 16.5. The van der Waals surface area contributed by atoms with Gasteiger partial charge in [0.15, 0.2) is 0 Å². The average Bonchev–Trinajstić information content (AvgIpc) is 2.56. The molecule has 4 nitrogen and oxygen atoms in total. The van der Waals surface area contributed by atoms with Crippen LogP contribution < -0.4 is 5.06 Å². The van der Waals surface area contributed by atoms with Crippen LogP contribution in [0.15, 0.2) is 48.5 Å². The van der Waals surface area contributed by atoms with E-state index in [1.54, 1.807) is 24.3 Å². The van der Waals surface area contributed by atoms with E-state index in [2.05, 4.69) is 0 Å². The predicted molar refractivity (Wildman–Crippen MR) is 85.3 cm³/mol. The lowest BCUT2D eigenvalue weighted by molar-refractivity contribution is -0.123. The van der Waals surface area contributed by atoms with Gasteiger partial charge < -0.3 is 0 Å². The zero-order valence-corrected chi connectivity index (χ0v) is 12.5. The van der Waals surface area contributed by atoms with Crippen LogP contribution in [-0.2, 0) is 11.2 Å². The Labute approximate surface area is 130 Å². The Hall–Kier alpha value is -2.46. The van der Waals surface area contributed by atoms with Crippen molar-refractivity contribution < 1.29 is 14.8 Å². The standard InChI is InChI=1S/C18H19NO3/c1-2-3-18(21)19(22)17-10-8-15(9-11-17)12-14-4-6-16(13-20)7-5-14/h4-11,13,22H,2-3,12H2,1H3. The van der Waals surface area contributed by atoms with Gasteiger partial charge in [-0.05, 0) is 36.1 Å². The molecular formula is C18H19NO3. The van der Waals surface area contributed by atoms with E-state index in [9.17, 15) is 14.8 Å². The smallest absolute Gasteiger partial charge is 0.250 e. The third-order valence-electron chi connectivity index (χ3n) is 3.41. The number of hydrogen-bond donors (Lipinski definition) is 1. The van der Waals surface area contributed by atoms with Crippen LogP contribution in [0.2, 0.25) is 0 Å². The number of aldehydes is 1. The molecular weight excluding hydrogens is 278 g/mol. The second-order valence-corrected chi connectivity index (χ2v) is 5.16. The second kappa shape index (κ2) is 7.52. The molecule has 0 aliphatic heterocycles. The molecule has 0 saturated carbocycles. The Bertz CT molecular complexity index is 632. The molecule has 0 aliphatic carbocycles. The number of anilines is 1. The molecule has 114 valence electrons. The maximum Gasteiger partial charge on any atom is 0.250 e. The first kappa shape index (κ1) is 15.9. The summed E-state index contributed by atoms with van der Waals surface area (Å²) in [5, 5.41) is 10.5. The summed E-state index contributed by atoms with van der Waals surface area (Å²) in [4.78, 5) is 22.3. The van der Waals surface area contributed by atoms with Crippen molar-refractivity contribution >= 4 is 17.9 Å². The summed E-state index contributed by atoms with van der Waals surface area (Å²) in [5.74, 6) is -0.306. The Morgan fingerprint density at radius 1 is 1.05 bits per heavy atom. The second-order valence-electron chi connectivity index (χ2n) is 5.16. The number of nitrogens with zero attached hydrogens (tertiary/aromatic N) is 1. The van der Waals surface area contributed by atoms with E-state index in [-0.39, 0.29) is 5.91 Å². The van der Waals surface area contributed by atoms with E-state index in [4.69, 9.17) is 0 Å². The summed E-state index contributed by atoms with van der Waals surface area (Å²) >= 11 is 0. The number of carbonyl (C=O) groups excluding carboxylic acids is 2. The molecule has 0 aliphatic rings. The van der Waals surface area contributed by atoms with Crippen molar-refractivity contribution in [3.63, 3.8) is 0 Å². The Balaban J connectivity index is 2.04. The van der Waals surface area contributed by atoms with Crippen LogP contribution >= 0.6 is 0 Å². The van der Waals surface area contributed by atoms with Gasteiger partial charge in [0.05, 0.1) is 5.69 Å². The normalized spacial score (nSPS) is 10.3. The lowest BCUT2D eigenvalue weighted by Gasteiger charge is -2.15. The minimum atomic E-state index is -0.306. The summed E-state index contributed by atoms with van der Waals surface area (Å²) in [6.45, 7) is 1.89. The third kappa shape index (κ3) is 4.02. The molecule has 0 bridgehead atoms. The largest absolute Gasteiger partial charge is 0.298 e. The average molecular weight is 297 g/mol. The van der Waals surface area contributed by atoms with E-state index in [1.807, 2.05) is 31.2 Å². The summed E-state index contributed by atoms with van der Waals surface area (Å²) in [7, 11) is 0. The van der Waals surface area contributed by atoms with E-state index < -0.39 is 0 Å². The van der Waals surface area contributed by atoms with Crippen LogP contribution in [0.5, 0.6) is 0 Å².